The molecule has 1 aromatic carbocycles. The van der Waals surface area contributed by atoms with Crippen molar-refractivity contribution < 1.29 is 9.18 Å². The lowest BCUT2D eigenvalue weighted by atomic mass is 10.1. The summed E-state index contributed by atoms with van der Waals surface area (Å²) in [4.78, 5) is 16.7. The van der Waals surface area contributed by atoms with E-state index in [1.807, 2.05) is 32.0 Å². The molecule has 0 bridgehead atoms. The molecule has 2 heterocycles. The van der Waals surface area contributed by atoms with E-state index in [4.69, 9.17) is 0 Å². The number of halogens is 1. The van der Waals surface area contributed by atoms with Crippen molar-refractivity contribution in [3.05, 3.63) is 77.5 Å². The van der Waals surface area contributed by atoms with Crippen LogP contribution in [0.4, 0.5) is 4.39 Å². The topological polar surface area (TPSA) is 59.8 Å². The van der Waals surface area contributed by atoms with Crippen molar-refractivity contribution >= 4 is 5.91 Å². The van der Waals surface area contributed by atoms with E-state index < -0.39 is 0 Å². The first-order valence-electron chi connectivity index (χ1n) is 7.58. The Hall–Kier alpha value is -3.02. The normalized spacial score (nSPS) is 12.0. The van der Waals surface area contributed by atoms with Crippen molar-refractivity contribution in [2.45, 2.75) is 19.9 Å². The van der Waals surface area contributed by atoms with Gasteiger partial charge in [0.2, 0.25) is 0 Å². The number of pyridine rings is 1. The van der Waals surface area contributed by atoms with Crippen LogP contribution in [0.3, 0.4) is 0 Å². The molecule has 1 N–H and O–H groups in total. The van der Waals surface area contributed by atoms with Crippen LogP contribution in [0.25, 0.3) is 5.82 Å². The molecule has 0 radical (unpaired) electrons. The van der Waals surface area contributed by atoms with Gasteiger partial charge in [-0.25, -0.2) is 14.1 Å². The maximum Gasteiger partial charge on any atom is 0.255 e. The second-order valence-corrected chi connectivity index (χ2v) is 5.49. The Kier molecular flexibility index (Phi) is 4.37. The quantitative estimate of drug-likeness (QED) is 0.802. The van der Waals surface area contributed by atoms with Gasteiger partial charge in [0.05, 0.1) is 23.5 Å². The van der Waals surface area contributed by atoms with Crippen molar-refractivity contribution in [1.29, 1.82) is 0 Å². The van der Waals surface area contributed by atoms with Crippen LogP contribution in [0.15, 0.2) is 54.9 Å². The predicted molar refractivity (Wildman–Crippen MR) is 88.4 cm³/mol. The number of benzene rings is 1. The van der Waals surface area contributed by atoms with E-state index in [1.54, 1.807) is 23.0 Å². The molecule has 0 saturated heterocycles. The third kappa shape index (κ3) is 3.17. The van der Waals surface area contributed by atoms with Crippen molar-refractivity contribution in [3.63, 3.8) is 0 Å². The molecular weight excluding hydrogens is 307 g/mol. The highest BCUT2D eigenvalue weighted by Crippen LogP contribution is 2.16. The molecule has 0 saturated carbocycles. The Balaban J connectivity index is 1.78. The molecule has 3 aromatic rings. The average molecular weight is 324 g/mol. The largest absolute Gasteiger partial charge is 0.345 e. The maximum absolute atomic E-state index is 13.0. The van der Waals surface area contributed by atoms with Crippen LogP contribution in [0.1, 0.15) is 34.6 Å². The molecule has 1 amide bonds. The van der Waals surface area contributed by atoms with Crippen LogP contribution in [0.5, 0.6) is 0 Å². The second kappa shape index (κ2) is 6.62. The van der Waals surface area contributed by atoms with Crippen LogP contribution in [0, 0.1) is 12.7 Å². The highest BCUT2D eigenvalue weighted by molar-refractivity contribution is 5.95. The van der Waals surface area contributed by atoms with Gasteiger partial charge in [-0.1, -0.05) is 18.2 Å². The van der Waals surface area contributed by atoms with E-state index in [1.165, 1.54) is 18.3 Å². The molecule has 0 aliphatic carbocycles. The SMILES string of the molecule is Cc1c(C(=O)N[C@@H](C)c2ccc(F)cc2)cnn1-c1ccccn1. The van der Waals surface area contributed by atoms with E-state index in [-0.39, 0.29) is 17.8 Å². The Bertz CT molecular complexity index is 843. The number of nitrogens with zero attached hydrogens (tertiary/aromatic N) is 3. The summed E-state index contributed by atoms with van der Waals surface area (Å²) in [6.07, 6.45) is 3.20. The van der Waals surface area contributed by atoms with Gasteiger partial charge < -0.3 is 5.32 Å². The van der Waals surface area contributed by atoms with Gasteiger partial charge in [-0.15, -0.1) is 0 Å². The summed E-state index contributed by atoms with van der Waals surface area (Å²) in [5.74, 6) is 0.122. The van der Waals surface area contributed by atoms with Crippen LogP contribution in [-0.4, -0.2) is 20.7 Å². The second-order valence-electron chi connectivity index (χ2n) is 5.49. The summed E-state index contributed by atoms with van der Waals surface area (Å²) >= 11 is 0. The number of amides is 1. The molecule has 0 aliphatic rings. The minimum atomic E-state index is -0.301. The van der Waals surface area contributed by atoms with Crippen molar-refractivity contribution in [2.24, 2.45) is 0 Å². The van der Waals surface area contributed by atoms with E-state index in [2.05, 4.69) is 15.4 Å². The molecule has 3 rings (SSSR count). The molecule has 5 nitrogen and oxygen atoms in total. The summed E-state index contributed by atoms with van der Waals surface area (Å²) in [5, 5.41) is 7.14. The van der Waals surface area contributed by atoms with Crippen LogP contribution in [-0.2, 0) is 0 Å². The van der Waals surface area contributed by atoms with Gasteiger partial charge in [-0.05, 0) is 43.7 Å². The minimum Gasteiger partial charge on any atom is -0.345 e. The average Bonchev–Trinajstić information content (AvgIpc) is 2.98. The Morgan fingerprint density at radius 3 is 2.62 bits per heavy atom. The van der Waals surface area contributed by atoms with Gasteiger partial charge in [0.15, 0.2) is 5.82 Å². The lowest BCUT2D eigenvalue weighted by Gasteiger charge is -2.14. The molecule has 0 fully saturated rings. The lowest BCUT2D eigenvalue weighted by Crippen LogP contribution is -2.27. The molecule has 122 valence electrons. The first-order valence-corrected chi connectivity index (χ1v) is 7.58. The standard InChI is InChI=1S/C18H17FN4O/c1-12(14-6-8-15(19)9-7-14)22-18(24)16-11-21-23(13(16)2)17-5-3-4-10-20-17/h3-12H,1-2H3,(H,22,24)/t12-/m0/s1. The number of hydrogen-bond acceptors (Lipinski definition) is 3. The maximum atomic E-state index is 13.0. The molecule has 24 heavy (non-hydrogen) atoms. The zero-order chi connectivity index (χ0) is 17.1. The number of carbonyl (C=O) groups is 1. The number of hydrogen-bond donors (Lipinski definition) is 1. The fourth-order valence-electron chi connectivity index (χ4n) is 2.45. The van der Waals surface area contributed by atoms with Crippen molar-refractivity contribution in [3.8, 4) is 5.82 Å². The summed E-state index contributed by atoms with van der Waals surface area (Å²) in [5.41, 5.74) is 2.02. The fourth-order valence-corrected chi connectivity index (χ4v) is 2.45. The summed E-state index contributed by atoms with van der Waals surface area (Å²) < 4.78 is 14.6. The third-order valence-electron chi connectivity index (χ3n) is 3.84. The highest BCUT2D eigenvalue weighted by atomic mass is 19.1. The first-order chi connectivity index (χ1) is 11.6. The van der Waals surface area contributed by atoms with E-state index in [0.717, 1.165) is 5.56 Å². The summed E-state index contributed by atoms with van der Waals surface area (Å²) in [6.45, 7) is 3.67. The van der Waals surface area contributed by atoms with Crippen LogP contribution >= 0.6 is 0 Å². The highest BCUT2D eigenvalue weighted by Gasteiger charge is 2.18. The number of nitrogens with one attached hydrogen (secondary N) is 1. The Morgan fingerprint density at radius 1 is 1.21 bits per heavy atom. The summed E-state index contributed by atoms with van der Waals surface area (Å²) in [6, 6.07) is 11.3. The van der Waals surface area contributed by atoms with E-state index in [9.17, 15) is 9.18 Å². The predicted octanol–water partition coefficient (Wildman–Crippen LogP) is 3.21. The van der Waals surface area contributed by atoms with Gasteiger partial charge in [0.25, 0.3) is 5.91 Å². The molecule has 0 unspecified atom stereocenters. The smallest absolute Gasteiger partial charge is 0.255 e. The Labute approximate surface area is 139 Å². The molecule has 1 atom stereocenters. The minimum absolute atomic E-state index is 0.230. The molecular formula is C18H17FN4O. The fraction of sp³-hybridized carbons (Fsp3) is 0.167. The van der Waals surface area contributed by atoms with Crippen molar-refractivity contribution in [2.75, 3.05) is 0 Å². The van der Waals surface area contributed by atoms with Gasteiger partial charge in [0, 0.05) is 6.20 Å². The van der Waals surface area contributed by atoms with E-state index in [0.29, 0.717) is 17.1 Å². The monoisotopic (exact) mass is 324 g/mol. The van der Waals surface area contributed by atoms with Gasteiger partial charge in [-0.3, -0.25) is 4.79 Å². The zero-order valence-electron chi connectivity index (χ0n) is 13.4. The number of carbonyl (C=O) groups excluding carboxylic acids is 1. The van der Waals surface area contributed by atoms with Gasteiger partial charge in [0.1, 0.15) is 5.82 Å². The molecule has 0 spiro atoms. The van der Waals surface area contributed by atoms with E-state index >= 15 is 0 Å². The third-order valence-corrected chi connectivity index (χ3v) is 3.84. The molecule has 2 aromatic heterocycles. The molecule has 0 aliphatic heterocycles. The number of rotatable bonds is 4. The first kappa shape index (κ1) is 15.9. The van der Waals surface area contributed by atoms with Crippen LogP contribution in [0.2, 0.25) is 0 Å². The van der Waals surface area contributed by atoms with Gasteiger partial charge in [-0.2, -0.15) is 5.10 Å². The van der Waals surface area contributed by atoms with Crippen molar-refractivity contribution in [1.82, 2.24) is 20.1 Å². The summed E-state index contributed by atoms with van der Waals surface area (Å²) in [7, 11) is 0. The van der Waals surface area contributed by atoms with Crippen LogP contribution < -0.4 is 5.32 Å². The Morgan fingerprint density at radius 2 is 1.96 bits per heavy atom. The zero-order valence-corrected chi connectivity index (χ0v) is 13.4. The lowest BCUT2D eigenvalue weighted by molar-refractivity contribution is 0.0939. The number of aromatic nitrogens is 3. The van der Waals surface area contributed by atoms with Gasteiger partial charge >= 0.3 is 0 Å². The molecule has 6 heteroatoms.